The van der Waals surface area contributed by atoms with Crippen LogP contribution in [0.3, 0.4) is 0 Å². The SMILES string of the molecule is [2H]C(=O)c1c([2H])c([2H])c([2H])c([2H])c1Br. The third kappa shape index (κ3) is 1.39. The minimum atomic E-state index is -1.14. The Bertz CT molecular complexity index is 388. The highest BCUT2D eigenvalue weighted by Crippen LogP contribution is 2.12. The van der Waals surface area contributed by atoms with Crippen LogP contribution in [-0.4, -0.2) is 6.26 Å². The minimum Gasteiger partial charge on any atom is -0.298 e. The topological polar surface area (TPSA) is 17.1 Å². The molecule has 1 aromatic carbocycles. The summed E-state index contributed by atoms with van der Waals surface area (Å²) in [6, 6.07) is -1.76. The standard InChI is InChI=1S/C7H5BrO/c8-7-4-2-1-3-6(7)5-9/h1-5H/i1D,2D,3D,4D,5D. The fourth-order valence-electron chi connectivity index (χ4n) is 0.368. The van der Waals surface area contributed by atoms with E-state index in [2.05, 4.69) is 15.9 Å². The number of rotatable bonds is 1. The third-order valence-corrected chi connectivity index (χ3v) is 1.34. The predicted molar refractivity (Wildman–Crippen MR) is 39.5 cm³/mol. The van der Waals surface area contributed by atoms with E-state index in [-0.39, 0.29) is 16.1 Å². The van der Waals surface area contributed by atoms with Crippen LogP contribution in [0.5, 0.6) is 0 Å². The molecule has 1 aromatic rings. The Labute approximate surface area is 68.9 Å². The molecule has 0 radical (unpaired) electrons. The molecule has 0 unspecified atom stereocenters. The Hall–Kier alpha value is -0.630. The van der Waals surface area contributed by atoms with E-state index in [1.807, 2.05) is 0 Å². The molecule has 0 fully saturated rings. The molecule has 0 aliphatic carbocycles. The zero-order valence-corrected chi connectivity index (χ0v) is 5.87. The summed E-state index contributed by atoms with van der Waals surface area (Å²) in [5, 5.41) is 0. The lowest BCUT2D eigenvalue weighted by atomic mass is 10.2. The van der Waals surface area contributed by atoms with Crippen molar-refractivity contribution in [2.45, 2.75) is 0 Å². The Morgan fingerprint density at radius 3 is 3.00 bits per heavy atom. The van der Waals surface area contributed by atoms with E-state index in [1.165, 1.54) is 0 Å². The van der Waals surface area contributed by atoms with Crippen molar-refractivity contribution < 1.29 is 11.6 Å². The van der Waals surface area contributed by atoms with E-state index < -0.39 is 24.4 Å². The van der Waals surface area contributed by atoms with Crippen molar-refractivity contribution in [3.63, 3.8) is 0 Å². The maximum atomic E-state index is 10.8. The summed E-state index contributed by atoms with van der Waals surface area (Å²) in [6.07, 6.45) is -1.14. The first-order valence-electron chi connectivity index (χ1n) is 4.64. The maximum Gasteiger partial charge on any atom is 0.151 e. The van der Waals surface area contributed by atoms with Gasteiger partial charge in [0.25, 0.3) is 0 Å². The van der Waals surface area contributed by atoms with Crippen LogP contribution in [0.1, 0.15) is 17.2 Å². The highest BCUT2D eigenvalue weighted by Gasteiger charge is 1.92. The molecule has 0 saturated carbocycles. The fraction of sp³-hybridized carbons (Fsp3) is 0. The van der Waals surface area contributed by atoms with Crippen molar-refractivity contribution in [1.82, 2.24) is 0 Å². The van der Waals surface area contributed by atoms with Crippen LogP contribution in [0.2, 0.25) is 0 Å². The summed E-state index contributed by atoms with van der Waals surface area (Å²) in [6.45, 7) is 0. The zero-order chi connectivity index (χ0) is 11.0. The lowest BCUT2D eigenvalue weighted by molar-refractivity contribution is 0.112. The fourth-order valence-corrected chi connectivity index (χ4v) is 0.647. The molecule has 0 heterocycles. The van der Waals surface area contributed by atoms with Gasteiger partial charge in [0.15, 0.2) is 6.26 Å². The minimum absolute atomic E-state index is 0.0662. The molecule has 9 heavy (non-hydrogen) atoms. The molecule has 0 aromatic heterocycles. The van der Waals surface area contributed by atoms with Gasteiger partial charge in [-0.15, -0.1) is 0 Å². The summed E-state index contributed by atoms with van der Waals surface area (Å²) in [4.78, 5) is 10.8. The number of benzene rings is 1. The van der Waals surface area contributed by atoms with Crippen LogP contribution >= 0.6 is 15.9 Å². The summed E-state index contributed by atoms with van der Waals surface area (Å²) in [5.74, 6) is 0. The monoisotopic (exact) mass is 189 g/mol. The van der Waals surface area contributed by atoms with Crippen LogP contribution in [0.15, 0.2) is 28.6 Å². The number of hydrogen-bond acceptors (Lipinski definition) is 1. The van der Waals surface area contributed by atoms with Gasteiger partial charge in [0.1, 0.15) is 1.37 Å². The van der Waals surface area contributed by atoms with Gasteiger partial charge in [0.05, 0.1) is 5.48 Å². The first kappa shape index (κ1) is 2.54. The first-order chi connectivity index (χ1) is 6.37. The first-order valence-corrected chi connectivity index (χ1v) is 2.94. The van der Waals surface area contributed by atoms with Crippen LogP contribution in [0.4, 0.5) is 0 Å². The molecule has 1 rings (SSSR count). The lowest BCUT2D eigenvalue weighted by Gasteiger charge is -1.90. The molecule has 0 saturated heterocycles. The average Bonchev–Trinajstić information content (AvgIpc) is 2.11. The van der Waals surface area contributed by atoms with Crippen molar-refractivity contribution in [2.24, 2.45) is 0 Å². The van der Waals surface area contributed by atoms with E-state index in [0.717, 1.165) is 0 Å². The van der Waals surface area contributed by atoms with Gasteiger partial charge in [0.2, 0.25) is 0 Å². The van der Waals surface area contributed by atoms with Gasteiger partial charge in [-0.2, -0.15) is 0 Å². The van der Waals surface area contributed by atoms with E-state index >= 15 is 0 Å². The average molecular weight is 190 g/mol. The van der Waals surface area contributed by atoms with Gasteiger partial charge in [-0.05, 0) is 6.04 Å². The second-order valence-corrected chi connectivity index (χ2v) is 2.08. The second kappa shape index (κ2) is 2.78. The predicted octanol–water partition coefficient (Wildman–Crippen LogP) is 2.26. The van der Waals surface area contributed by atoms with Gasteiger partial charge in [-0.1, -0.05) is 34.1 Å². The van der Waals surface area contributed by atoms with Gasteiger partial charge in [-0.25, -0.2) is 0 Å². The number of carbonyl (C=O) groups excluding carboxylic acids is 1. The number of hydrogen-bond donors (Lipinski definition) is 0. The van der Waals surface area contributed by atoms with E-state index in [0.29, 0.717) is 0 Å². The van der Waals surface area contributed by atoms with Crippen molar-refractivity contribution in [3.8, 4) is 0 Å². The van der Waals surface area contributed by atoms with E-state index in [9.17, 15) is 4.79 Å². The molecule has 0 bridgehead atoms. The molecule has 0 amide bonds. The summed E-state index contributed by atoms with van der Waals surface area (Å²) in [7, 11) is 0. The largest absolute Gasteiger partial charge is 0.298 e. The van der Waals surface area contributed by atoms with Crippen molar-refractivity contribution in [3.05, 3.63) is 34.2 Å². The normalized spacial score (nSPS) is 16.8. The number of carbonyl (C=O) groups is 1. The van der Waals surface area contributed by atoms with Crippen LogP contribution in [0.25, 0.3) is 0 Å². The van der Waals surface area contributed by atoms with Gasteiger partial charge < -0.3 is 0 Å². The molecular weight excluding hydrogens is 180 g/mol. The highest BCUT2D eigenvalue weighted by molar-refractivity contribution is 9.10. The van der Waals surface area contributed by atoms with Gasteiger partial charge >= 0.3 is 0 Å². The van der Waals surface area contributed by atoms with Crippen molar-refractivity contribution in [1.29, 1.82) is 0 Å². The summed E-state index contributed by atoms with van der Waals surface area (Å²) < 4.78 is 36.0. The molecule has 2 heteroatoms. The number of aldehydes is 1. The third-order valence-electron chi connectivity index (χ3n) is 0.744. The molecule has 0 N–H and O–H groups in total. The highest BCUT2D eigenvalue weighted by atomic mass is 79.9. The lowest BCUT2D eigenvalue weighted by Crippen LogP contribution is -1.78. The maximum absolute atomic E-state index is 10.8. The second-order valence-electron chi connectivity index (χ2n) is 1.29. The Morgan fingerprint density at radius 1 is 1.67 bits per heavy atom. The van der Waals surface area contributed by atoms with E-state index in [4.69, 9.17) is 6.85 Å². The molecule has 0 aliphatic rings. The van der Waals surface area contributed by atoms with Gasteiger partial charge in [0, 0.05) is 10.0 Å². The molecule has 0 aliphatic heterocycles. The van der Waals surface area contributed by atoms with Crippen LogP contribution in [0, 0.1) is 0 Å². The Kier molecular flexibility index (Phi) is 0.786. The number of halogens is 1. The Morgan fingerprint density at radius 2 is 2.33 bits per heavy atom. The van der Waals surface area contributed by atoms with Gasteiger partial charge in [-0.3, -0.25) is 4.79 Å². The van der Waals surface area contributed by atoms with Crippen molar-refractivity contribution in [2.75, 3.05) is 0 Å². The van der Waals surface area contributed by atoms with E-state index in [1.54, 1.807) is 0 Å². The van der Waals surface area contributed by atoms with Crippen LogP contribution < -0.4 is 0 Å². The quantitative estimate of drug-likeness (QED) is 0.620. The van der Waals surface area contributed by atoms with Crippen molar-refractivity contribution >= 4 is 22.2 Å². The molecule has 1 nitrogen and oxygen atoms in total. The van der Waals surface area contributed by atoms with Crippen LogP contribution in [-0.2, 0) is 0 Å². The smallest absolute Gasteiger partial charge is 0.151 e. The molecule has 0 atom stereocenters. The molecular formula is C7H5BrO. The zero-order valence-electron chi connectivity index (χ0n) is 9.29. The Balaban J connectivity index is 3.68. The summed E-state index contributed by atoms with van der Waals surface area (Å²) in [5.41, 5.74) is -0.337. The molecule has 46 valence electrons. The summed E-state index contributed by atoms with van der Waals surface area (Å²) >= 11 is 2.86. The molecule has 0 spiro atoms.